The van der Waals surface area contributed by atoms with Crippen molar-refractivity contribution in [3.63, 3.8) is 0 Å². The van der Waals surface area contributed by atoms with Crippen molar-refractivity contribution in [2.75, 3.05) is 22.9 Å². The number of aromatic nitrogens is 1. The van der Waals surface area contributed by atoms with Gasteiger partial charge in [0.15, 0.2) is 0 Å². The van der Waals surface area contributed by atoms with Crippen LogP contribution in [0.5, 0.6) is 11.6 Å². The van der Waals surface area contributed by atoms with E-state index in [1.165, 1.54) is 6.20 Å². The quantitative estimate of drug-likeness (QED) is 0.673. The van der Waals surface area contributed by atoms with Gasteiger partial charge in [-0.2, -0.15) is 0 Å². The van der Waals surface area contributed by atoms with Gasteiger partial charge in [0.1, 0.15) is 5.75 Å². The van der Waals surface area contributed by atoms with E-state index in [0.29, 0.717) is 23.0 Å². The molecule has 110 valence electrons. The van der Waals surface area contributed by atoms with E-state index in [4.69, 9.17) is 15.6 Å². The fourth-order valence-corrected chi connectivity index (χ4v) is 1.73. The summed E-state index contributed by atoms with van der Waals surface area (Å²) in [5.74, 6) is 0.841. The Balaban J connectivity index is 2.17. The number of benzene rings is 1. The summed E-state index contributed by atoms with van der Waals surface area (Å²) in [6.07, 6.45) is 0.374. The van der Waals surface area contributed by atoms with Gasteiger partial charge in [-0.05, 0) is 19.1 Å². The Morgan fingerprint density at radius 2 is 2.24 bits per heavy atom. The Kier molecular flexibility index (Phi) is 4.45. The smallest absolute Gasteiger partial charge is 0.409 e. The summed E-state index contributed by atoms with van der Waals surface area (Å²) in [6, 6.07) is 8.28. The van der Waals surface area contributed by atoms with Crippen LogP contribution in [0.3, 0.4) is 0 Å². The third-order valence-electron chi connectivity index (χ3n) is 2.58. The highest BCUT2D eigenvalue weighted by molar-refractivity contribution is 5.83. The molecule has 0 bridgehead atoms. The molecule has 0 saturated carbocycles. The van der Waals surface area contributed by atoms with Gasteiger partial charge >= 0.3 is 6.09 Å². The summed E-state index contributed by atoms with van der Waals surface area (Å²) in [5.41, 5.74) is 7.48. The van der Waals surface area contributed by atoms with E-state index in [1.54, 1.807) is 30.3 Å². The van der Waals surface area contributed by atoms with E-state index in [2.05, 4.69) is 15.6 Å². The number of amides is 1. The third-order valence-corrected chi connectivity index (χ3v) is 2.58. The zero-order valence-corrected chi connectivity index (χ0v) is 11.5. The van der Waals surface area contributed by atoms with Crippen molar-refractivity contribution >= 4 is 23.2 Å². The number of hydrogen-bond donors (Lipinski definition) is 4. The van der Waals surface area contributed by atoms with Crippen molar-refractivity contribution in [2.24, 2.45) is 0 Å². The molecule has 7 heteroatoms. The number of nitrogens with zero attached hydrogens (tertiary/aromatic N) is 1. The lowest BCUT2D eigenvalue weighted by atomic mass is 10.3. The van der Waals surface area contributed by atoms with Crippen molar-refractivity contribution in [3.05, 3.63) is 36.5 Å². The van der Waals surface area contributed by atoms with E-state index in [9.17, 15) is 4.79 Å². The fourth-order valence-electron chi connectivity index (χ4n) is 1.73. The van der Waals surface area contributed by atoms with E-state index in [0.717, 1.165) is 12.2 Å². The molecule has 0 aliphatic rings. The minimum Gasteiger partial charge on any atom is -0.465 e. The third kappa shape index (κ3) is 4.00. The number of nitrogen functional groups attached to an aromatic ring is 1. The van der Waals surface area contributed by atoms with E-state index in [-0.39, 0.29) is 0 Å². The molecule has 0 saturated heterocycles. The largest absolute Gasteiger partial charge is 0.465 e. The number of carboxylic acid groups (broad SMARTS) is 1. The van der Waals surface area contributed by atoms with Crippen molar-refractivity contribution < 1.29 is 14.6 Å². The average Bonchev–Trinajstić information content (AvgIpc) is 2.42. The molecule has 0 atom stereocenters. The van der Waals surface area contributed by atoms with Crippen LogP contribution in [-0.2, 0) is 0 Å². The highest BCUT2D eigenvalue weighted by Crippen LogP contribution is 2.27. The molecule has 7 nitrogen and oxygen atoms in total. The van der Waals surface area contributed by atoms with Gasteiger partial charge in [0, 0.05) is 24.4 Å². The molecular formula is C14H16N4O3. The number of carbonyl (C=O) groups is 1. The Bertz CT molecular complexity index is 646. The van der Waals surface area contributed by atoms with E-state index >= 15 is 0 Å². The number of hydrogen-bond acceptors (Lipinski definition) is 5. The second-order valence-corrected chi connectivity index (χ2v) is 4.20. The first-order valence-corrected chi connectivity index (χ1v) is 6.35. The van der Waals surface area contributed by atoms with Crippen molar-refractivity contribution in [1.82, 2.24) is 4.98 Å². The maximum Gasteiger partial charge on any atom is 0.409 e. The van der Waals surface area contributed by atoms with Crippen LogP contribution in [0.25, 0.3) is 0 Å². The molecule has 1 heterocycles. The molecule has 0 unspecified atom stereocenters. The molecule has 0 spiro atoms. The summed E-state index contributed by atoms with van der Waals surface area (Å²) in [7, 11) is 0. The monoisotopic (exact) mass is 288 g/mol. The maximum absolute atomic E-state index is 10.6. The van der Waals surface area contributed by atoms with Gasteiger partial charge in [0.25, 0.3) is 0 Å². The lowest BCUT2D eigenvalue weighted by Crippen LogP contribution is -2.07. The topological polar surface area (TPSA) is 110 Å². The second kappa shape index (κ2) is 6.47. The summed E-state index contributed by atoms with van der Waals surface area (Å²) in [4.78, 5) is 14.7. The predicted molar refractivity (Wildman–Crippen MR) is 81.0 cm³/mol. The Morgan fingerprint density at radius 3 is 2.95 bits per heavy atom. The summed E-state index contributed by atoms with van der Waals surface area (Å²) < 4.78 is 5.60. The molecule has 2 aromatic rings. The zero-order valence-electron chi connectivity index (χ0n) is 11.5. The minimum absolute atomic E-state index is 0.368. The maximum atomic E-state index is 10.6. The van der Waals surface area contributed by atoms with E-state index in [1.807, 2.05) is 6.92 Å². The lowest BCUT2D eigenvalue weighted by molar-refractivity contribution is 0.210. The Morgan fingerprint density at radius 1 is 1.43 bits per heavy atom. The SMILES string of the molecule is CCNc1cc(Oc2cccc(NC(=O)O)c2)ncc1N. The summed E-state index contributed by atoms with van der Waals surface area (Å²) in [5, 5.41) is 14.0. The van der Waals surface area contributed by atoms with Gasteiger partial charge in [0.05, 0.1) is 17.6 Å². The van der Waals surface area contributed by atoms with Crippen LogP contribution in [0, 0.1) is 0 Å². The summed E-state index contributed by atoms with van der Waals surface area (Å²) >= 11 is 0. The van der Waals surface area contributed by atoms with Crippen LogP contribution >= 0.6 is 0 Å². The van der Waals surface area contributed by atoms with Crippen molar-refractivity contribution in [2.45, 2.75) is 6.92 Å². The van der Waals surface area contributed by atoms with Crippen LogP contribution in [-0.4, -0.2) is 22.7 Å². The first kappa shape index (κ1) is 14.4. The van der Waals surface area contributed by atoms with Gasteiger partial charge < -0.3 is 20.9 Å². The molecule has 0 aliphatic heterocycles. The fraction of sp³-hybridized carbons (Fsp3) is 0.143. The number of nitrogens with one attached hydrogen (secondary N) is 2. The molecule has 1 amide bonds. The van der Waals surface area contributed by atoms with Crippen LogP contribution in [0.1, 0.15) is 6.92 Å². The van der Waals surface area contributed by atoms with E-state index < -0.39 is 6.09 Å². The molecule has 1 aromatic heterocycles. The number of pyridine rings is 1. The Labute approximate surface area is 121 Å². The van der Waals surface area contributed by atoms with Gasteiger partial charge in [-0.3, -0.25) is 5.32 Å². The highest BCUT2D eigenvalue weighted by atomic mass is 16.5. The second-order valence-electron chi connectivity index (χ2n) is 4.20. The van der Waals surface area contributed by atoms with Crippen molar-refractivity contribution in [1.29, 1.82) is 0 Å². The molecule has 0 aliphatic carbocycles. The zero-order chi connectivity index (χ0) is 15.2. The molecule has 5 N–H and O–H groups in total. The average molecular weight is 288 g/mol. The molecular weight excluding hydrogens is 272 g/mol. The predicted octanol–water partition coefficient (Wildman–Crippen LogP) is 2.98. The molecule has 1 aromatic carbocycles. The first-order chi connectivity index (χ1) is 10.1. The van der Waals surface area contributed by atoms with Gasteiger partial charge in [-0.1, -0.05) is 6.07 Å². The molecule has 2 rings (SSSR count). The molecule has 21 heavy (non-hydrogen) atoms. The van der Waals surface area contributed by atoms with Gasteiger partial charge in [-0.25, -0.2) is 9.78 Å². The van der Waals surface area contributed by atoms with Crippen LogP contribution in [0.4, 0.5) is 21.9 Å². The molecule has 0 fully saturated rings. The highest BCUT2D eigenvalue weighted by Gasteiger charge is 2.05. The van der Waals surface area contributed by atoms with Crippen LogP contribution in [0.15, 0.2) is 36.5 Å². The minimum atomic E-state index is -1.13. The van der Waals surface area contributed by atoms with Crippen LogP contribution in [0.2, 0.25) is 0 Å². The van der Waals surface area contributed by atoms with Gasteiger partial charge in [0.2, 0.25) is 5.88 Å². The normalized spacial score (nSPS) is 9.95. The number of nitrogens with two attached hydrogens (primary N) is 1. The first-order valence-electron chi connectivity index (χ1n) is 6.35. The number of ether oxygens (including phenoxy) is 1. The van der Waals surface area contributed by atoms with Gasteiger partial charge in [-0.15, -0.1) is 0 Å². The number of rotatable bonds is 5. The molecule has 0 radical (unpaired) electrons. The summed E-state index contributed by atoms with van der Waals surface area (Å²) in [6.45, 7) is 2.69. The number of anilines is 3. The lowest BCUT2D eigenvalue weighted by Gasteiger charge is -2.10. The van der Waals surface area contributed by atoms with Crippen molar-refractivity contribution in [3.8, 4) is 11.6 Å². The Hall–Kier alpha value is -2.96. The van der Waals surface area contributed by atoms with Crippen LogP contribution < -0.4 is 21.1 Å². The standard InChI is InChI=1S/C14H16N4O3/c1-2-16-12-7-13(17-8-11(12)15)21-10-5-3-4-9(6-10)18-14(19)20/h3-8,18H,2,15H2,1H3,(H,16,17)(H,19,20).